The summed E-state index contributed by atoms with van der Waals surface area (Å²) in [7, 11) is 0. The summed E-state index contributed by atoms with van der Waals surface area (Å²) >= 11 is 0. The van der Waals surface area contributed by atoms with Gasteiger partial charge in [-0.1, -0.05) is 18.2 Å². The van der Waals surface area contributed by atoms with E-state index in [2.05, 4.69) is 45.7 Å². The number of aryl methyl sites for hydroxylation is 1. The van der Waals surface area contributed by atoms with Crippen molar-refractivity contribution in [1.29, 1.82) is 0 Å². The van der Waals surface area contributed by atoms with E-state index in [0.29, 0.717) is 36.7 Å². The first-order valence-corrected chi connectivity index (χ1v) is 11.9. The number of amides is 1. The normalized spacial score (nSPS) is 18.7. The number of fused-ring (bicyclic) bond motifs is 2. The van der Waals surface area contributed by atoms with E-state index < -0.39 is 0 Å². The van der Waals surface area contributed by atoms with Crippen LogP contribution in [0.1, 0.15) is 52.5 Å². The molecule has 1 fully saturated rings. The SMILES string of the molecule is CCN(c1cccc2c1C/C=C\CNCc1cc(C)[nH]c(=O)c1CNC2=O)C1CCOCC1. The topological polar surface area (TPSA) is 86.5 Å². The van der Waals surface area contributed by atoms with Crippen LogP contribution in [-0.2, 0) is 24.2 Å². The number of benzene rings is 1. The fraction of sp³-hybridized carbons (Fsp3) is 0.462. The Morgan fingerprint density at radius 1 is 1.09 bits per heavy atom. The van der Waals surface area contributed by atoms with Crippen LogP contribution >= 0.6 is 0 Å². The van der Waals surface area contributed by atoms with Gasteiger partial charge in [0.25, 0.3) is 11.5 Å². The van der Waals surface area contributed by atoms with E-state index in [-0.39, 0.29) is 18.0 Å². The van der Waals surface area contributed by atoms with Gasteiger partial charge < -0.3 is 25.3 Å². The van der Waals surface area contributed by atoms with Crippen molar-refractivity contribution in [2.45, 2.75) is 52.2 Å². The summed E-state index contributed by atoms with van der Waals surface area (Å²) in [6, 6.07) is 8.35. The molecule has 4 rings (SSSR count). The van der Waals surface area contributed by atoms with Crippen LogP contribution in [0, 0.1) is 6.92 Å². The number of nitrogens with one attached hydrogen (secondary N) is 3. The van der Waals surface area contributed by atoms with Gasteiger partial charge in [-0.25, -0.2) is 0 Å². The number of pyridine rings is 1. The maximum Gasteiger partial charge on any atom is 0.253 e. The molecule has 1 amide bonds. The van der Waals surface area contributed by atoms with Crippen molar-refractivity contribution in [3.05, 3.63) is 74.7 Å². The van der Waals surface area contributed by atoms with Gasteiger partial charge in [0.2, 0.25) is 0 Å². The highest BCUT2D eigenvalue weighted by atomic mass is 16.5. The maximum atomic E-state index is 13.3. The van der Waals surface area contributed by atoms with Gasteiger partial charge in [0.1, 0.15) is 0 Å². The fourth-order valence-corrected chi connectivity index (χ4v) is 4.87. The maximum absolute atomic E-state index is 13.3. The lowest BCUT2D eigenvalue weighted by Gasteiger charge is -2.37. The number of carbonyl (C=O) groups excluding carboxylic acids is 1. The van der Waals surface area contributed by atoms with E-state index in [9.17, 15) is 9.59 Å². The number of hydrogen-bond donors (Lipinski definition) is 3. The van der Waals surface area contributed by atoms with Crippen molar-refractivity contribution < 1.29 is 9.53 Å². The lowest BCUT2D eigenvalue weighted by molar-refractivity contribution is 0.0845. The molecule has 33 heavy (non-hydrogen) atoms. The van der Waals surface area contributed by atoms with Crippen LogP contribution in [0.2, 0.25) is 0 Å². The number of carbonyl (C=O) groups is 1. The number of allylic oxidation sites excluding steroid dienone is 1. The van der Waals surface area contributed by atoms with E-state index in [4.69, 9.17) is 4.74 Å². The molecule has 0 bridgehead atoms. The van der Waals surface area contributed by atoms with E-state index >= 15 is 0 Å². The second kappa shape index (κ2) is 10.8. The van der Waals surface area contributed by atoms with Crippen molar-refractivity contribution in [3.63, 3.8) is 0 Å². The van der Waals surface area contributed by atoms with Crippen molar-refractivity contribution in [3.8, 4) is 0 Å². The zero-order valence-electron chi connectivity index (χ0n) is 19.6. The number of hydrogen-bond acceptors (Lipinski definition) is 5. The Balaban J connectivity index is 1.70. The summed E-state index contributed by atoms with van der Waals surface area (Å²) in [5, 5.41) is 6.40. The monoisotopic (exact) mass is 450 g/mol. The molecular weight excluding hydrogens is 416 g/mol. The Bertz CT molecular complexity index is 1070. The number of aromatic amines is 1. The van der Waals surface area contributed by atoms with Gasteiger partial charge in [-0.2, -0.15) is 0 Å². The predicted molar refractivity (Wildman–Crippen MR) is 131 cm³/mol. The van der Waals surface area contributed by atoms with Crippen LogP contribution in [0.25, 0.3) is 0 Å². The second-order valence-electron chi connectivity index (χ2n) is 8.71. The Kier molecular flexibility index (Phi) is 7.62. The van der Waals surface area contributed by atoms with Crippen molar-refractivity contribution >= 4 is 11.6 Å². The zero-order valence-corrected chi connectivity index (χ0v) is 19.6. The summed E-state index contributed by atoms with van der Waals surface area (Å²) < 4.78 is 5.57. The second-order valence-corrected chi connectivity index (χ2v) is 8.71. The van der Waals surface area contributed by atoms with Crippen molar-refractivity contribution in [2.75, 3.05) is 31.2 Å². The molecule has 0 spiro atoms. The lowest BCUT2D eigenvalue weighted by atomic mass is 9.97. The van der Waals surface area contributed by atoms with Crippen LogP contribution < -0.4 is 21.1 Å². The highest BCUT2D eigenvalue weighted by Crippen LogP contribution is 2.29. The molecule has 0 atom stereocenters. The molecule has 2 aliphatic rings. The number of ether oxygens (including phenoxy) is 1. The van der Waals surface area contributed by atoms with Gasteiger partial charge in [-0.15, -0.1) is 0 Å². The third kappa shape index (κ3) is 5.37. The minimum Gasteiger partial charge on any atom is -0.381 e. The van der Waals surface area contributed by atoms with Crippen molar-refractivity contribution in [1.82, 2.24) is 15.6 Å². The number of anilines is 1. The summed E-state index contributed by atoms with van der Waals surface area (Å²) in [5.74, 6) is -0.151. The predicted octanol–water partition coefficient (Wildman–Crippen LogP) is 2.82. The Labute approximate surface area is 195 Å². The van der Waals surface area contributed by atoms with Gasteiger partial charge in [0.05, 0.1) is 0 Å². The van der Waals surface area contributed by atoms with Crippen LogP contribution in [0.3, 0.4) is 0 Å². The molecule has 2 aliphatic heterocycles. The van der Waals surface area contributed by atoms with Crippen LogP contribution in [0.5, 0.6) is 0 Å². The molecule has 0 radical (unpaired) electrons. The highest BCUT2D eigenvalue weighted by Gasteiger charge is 2.25. The molecule has 1 saturated heterocycles. The summed E-state index contributed by atoms with van der Waals surface area (Å²) in [4.78, 5) is 31.2. The Morgan fingerprint density at radius 3 is 2.70 bits per heavy atom. The number of rotatable bonds is 3. The van der Waals surface area contributed by atoms with E-state index in [1.165, 1.54) is 0 Å². The first kappa shape index (κ1) is 23.3. The average molecular weight is 451 g/mol. The molecule has 0 saturated carbocycles. The number of nitrogens with zero attached hydrogens (tertiary/aromatic N) is 1. The summed E-state index contributed by atoms with van der Waals surface area (Å²) in [5.41, 5.74) is 4.97. The van der Waals surface area contributed by atoms with Crippen LogP contribution in [0.15, 0.2) is 41.2 Å². The summed E-state index contributed by atoms with van der Waals surface area (Å²) in [6.07, 6.45) is 6.88. The smallest absolute Gasteiger partial charge is 0.253 e. The largest absolute Gasteiger partial charge is 0.381 e. The number of H-pyrrole nitrogens is 1. The van der Waals surface area contributed by atoms with Crippen LogP contribution in [0.4, 0.5) is 5.69 Å². The van der Waals surface area contributed by atoms with E-state index in [1.807, 2.05) is 25.1 Å². The van der Waals surface area contributed by atoms with Gasteiger partial charge >= 0.3 is 0 Å². The third-order valence-electron chi connectivity index (χ3n) is 6.53. The average Bonchev–Trinajstić information content (AvgIpc) is 2.83. The minimum atomic E-state index is -0.151. The first-order valence-electron chi connectivity index (χ1n) is 11.9. The molecule has 3 N–H and O–H groups in total. The molecule has 1 aromatic heterocycles. The zero-order chi connectivity index (χ0) is 23.2. The molecule has 0 unspecified atom stereocenters. The van der Waals surface area contributed by atoms with Crippen LogP contribution in [-0.4, -0.2) is 43.2 Å². The standard InChI is InChI=1S/C26H34N4O3/c1-3-30(20-10-13-33-14-11-20)24-9-6-8-22-21(24)7-4-5-12-27-16-19-15-18(2)29-26(32)23(19)17-28-25(22)31/h4-6,8-9,15,20,27H,3,7,10-14,16-17H2,1-2H3,(H,28,31)(H,29,32)/b5-4-. The molecule has 2 aromatic rings. The van der Waals surface area contributed by atoms with Gasteiger partial charge in [0, 0.05) is 67.9 Å². The summed E-state index contributed by atoms with van der Waals surface area (Å²) in [6.45, 7) is 7.92. The molecular formula is C26H34N4O3. The molecule has 176 valence electrons. The van der Waals surface area contributed by atoms with Gasteiger partial charge in [-0.3, -0.25) is 9.59 Å². The Hall–Kier alpha value is -2.90. The molecule has 7 nitrogen and oxygen atoms in total. The van der Waals surface area contributed by atoms with Gasteiger partial charge in [0.15, 0.2) is 0 Å². The highest BCUT2D eigenvalue weighted by molar-refractivity contribution is 5.97. The lowest BCUT2D eigenvalue weighted by Crippen LogP contribution is -2.40. The number of aromatic nitrogens is 1. The van der Waals surface area contributed by atoms with Gasteiger partial charge in [-0.05, 0) is 62.4 Å². The quantitative estimate of drug-likeness (QED) is 0.626. The van der Waals surface area contributed by atoms with E-state index in [1.54, 1.807) is 0 Å². The molecule has 7 heteroatoms. The third-order valence-corrected chi connectivity index (χ3v) is 6.53. The minimum absolute atomic E-state index is 0.150. The molecule has 3 heterocycles. The molecule has 1 aromatic carbocycles. The first-order chi connectivity index (χ1) is 16.1. The van der Waals surface area contributed by atoms with E-state index in [0.717, 1.165) is 55.1 Å². The fourth-order valence-electron chi connectivity index (χ4n) is 4.87. The Morgan fingerprint density at radius 2 is 1.91 bits per heavy atom. The van der Waals surface area contributed by atoms with Crippen molar-refractivity contribution in [2.24, 2.45) is 0 Å². The molecule has 0 aliphatic carbocycles.